The number of nitrogens with one attached hydrogen (secondary N) is 2. The number of oxazole rings is 1. The number of carbonyl (C=O) groups is 1. The van der Waals surface area contributed by atoms with Crippen molar-refractivity contribution in [3.8, 4) is 17.0 Å². The number of aromatic nitrogens is 4. The van der Waals surface area contributed by atoms with E-state index in [1.54, 1.807) is 4.90 Å². The van der Waals surface area contributed by atoms with Crippen LogP contribution in [0.1, 0.15) is 47.5 Å². The highest BCUT2D eigenvalue weighted by Gasteiger charge is 2.25. The fraction of sp³-hybridized carbons (Fsp3) is 0.286. The minimum atomic E-state index is 0.0454. The van der Waals surface area contributed by atoms with Crippen LogP contribution in [0.4, 0.5) is 11.6 Å². The molecule has 0 atom stereocenters. The highest BCUT2D eigenvalue weighted by atomic mass is 16.5. The third kappa shape index (κ3) is 3.78. The lowest BCUT2D eigenvalue weighted by Gasteiger charge is -2.15. The first-order chi connectivity index (χ1) is 18.0. The molecule has 0 spiro atoms. The number of hydrogen-bond acceptors (Lipinski definition) is 7. The number of amides is 1. The molecule has 0 unspecified atom stereocenters. The second-order valence-corrected chi connectivity index (χ2v) is 9.88. The molecule has 2 aliphatic rings. The van der Waals surface area contributed by atoms with E-state index >= 15 is 0 Å². The first-order valence-corrected chi connectivity index (χ1v) is 12.6. The molecule has 186 valence electrons. The van der Waals surface area contributed by atoms with Gasteiger partial charge in [-0.3, -0.25) is 4.79 Å². The Morgan fingerprint density at radius 3 is 2.81 bits per heavy atom. The maximum absolute atomic E-state index is 12.3. The summed E-state index contributed by atoms with van der Waals surface area (Å²) >= 11 is 0. The highest BCUT2D eigenvalue weighted by molar-refractivity contribution is 6.00. The number of anilines is 2. The minimum Gasteiger partial charge on any atom is -0.474 e. The predicted octanol–water partition coefficient (Wildman–Crippen LogP) is 5.73. The van der Waals surface area contributed by atoms with E-state index in [4.69, 9.17) is 19.1 Å². The Bertz CT molecular complexity index is 1680. The molecule has 7 rings (SSSR count). The number of ether oxygens (including phenoxy) is 1. The van der Waals surface area contributed by atoms with Crippen LogP contribution < -0.4 is 10.1 Å². The van der Waals surface area contributed by atoms with E-state index in [0.717, 1.165) is 70.1 Å². The Balaban J connectivity index is 1.30. The molecule has 3 aromatic heterocycles. The molecule has 5 aromatic rings. The van der Waals surface area contributed by atoms with E-state index in [9.17, 15) is 4.79 Å². The first kappa shape index (κ1) is 21.8. The van der Waals surface area contributed by atoms with Crippen LogP contribution in [0.15, 0.2) is 47.0 Å². The van der Waals surface area contributed by atoms with Crippen molar-refractivity contribution in [1.29, 1.82) is 0 Å². The number of aryl methyl sites for hydroxylation is 1. The zero-order valence-corrected chi connectivity index (χ0v) is 20.7. The van der Waals surface area contributed by atoms with Gasteiger partial charge in [0.25, 0.3) is 5.91 Å². The maximum atomic E-state index is 12.3. The molecule has 1 amide bonds. The van der Waals surface area contributed by atoms with Crippen molar-refractivity contribution in [2.45, 2.75) is 45.3 Å². The van der Waals surface area contributed by atoms with Gasteiger partial charge >= 0.3 is 0 Å². The molecular weight excluding hydrogens is 468 g/mol. The Morgan fingerprint density at radius 2 is 1.95 bits per heavy atom. The molecule has 0 saturated heterocycles. The van der Waals surface area contributed by atoms with Crippen molar-refractivity contribution in [1.82, 2.24) is 24.8 Å². The zero-order chi connectivity index (χ0) is 25.1. The number of aromatic amines is 1. The van der Waals surface area contributed by atoms with Gasteiger partial charge in [-0.2, -0.15) is 9.97 Å². The van der Waals surface area contributed by atoms with E-state index in [0.29, 0.717) is 29.9 Å². The van der Waals surface area contributed by atoms with E-state index in [2.05, 4.69) is 15.3 Å². The monoisotopic (exact) mass is 494 g/mol. The second-order valence-electron chi connectivity index (χ2n) is 9.88. The van der Waals surface area contributed by atoms with Crippen LogP contribution in [0.5, 0.6) is 5.88 Å². The molecule has 2 N–H and O–H groups in total. The lowest BCUT2D eigenvalue weighted by molar-refractivity contribution is 0.0816. The normalized spacial score (nSPS) is 15.7. The molecule has 0 radical (unpaired) electrons. The van der Waals surface area contributed by atoms with Crippen LogP contribution in [0.3, 0.4) is 0 Å². The molecule has 9 nitrogen and oxygen atoms in total. The van der Waals surface area contributed by atoms with Crippen LogP contribution >= 0.6 is 0 Å². The van der Waals surface area contributed by atoms with Crippen molar-refractivity contribution in [2.24, 2.45) is 0 Å². The SMILES string of the molecule is Cc1nc2ccc(-c3c[nH]c4nc(Nc5ccc6c(c5)CN(C)C6=O)nc(OC5CCCC5)c34)cc2o1. The van der Waals surface area contributed by atoms with Crippen molar-refractivity contribution < 1.29 is 13.9 Å². The van der Waals surface area contributed by atoms with Crippen molar-refractivity contribution >= 4 is 39.7 Å². The highest BCUT2D eigenvalue weighted by Crippen LogP contribution is 2.38. The van der Waals surface area contributed by atoms with Crippen molar-refractivity contribution in [3.63, 3.8) is 0 Å². The standard InChI is InChI=1S/C28H26N6O3/c1-15-30-22-10-7-16(12-23(22)36-15)21-13-29-25-24(21)26(37-19-5-3-4-6-19)33-28(32-25)31-18-8-9-20-17(11-18)14-34(2)27(20)35/h7-13,19H,3-6,14H2,1-2H3,(H2,29,31,32,33). The summed E-state index contributed by atoms with van der Waals surface area (Å²) < 4.78 is 12.3. The Kier molecular flexibility index (Phi) is 4.92. The largest absolute Gasteiger partial charge is 0.474 e. The number of hydrogen-bond donors (Lipinski definition) is 2. The van der Waals surface area contributed by atoms with Crippen LogP contribution in [-0.4, -0.2) is 43.9 Å². The smallest absolute Gasteiger partial charge is 0.254 e. The fourth-order valence-electron chi connectivity index (χ4n) is 5.41. The summed E-state index contributed by atoms with van der Waals surface area (Å²) in [7, 11) is 1.81. The number of carbonyl (C=O) groups excluding carboxylic acids is 1. The Hall–Kier alpha value is -4.40. The molecule has 2 aromatic carbocycles. The van der Waals surface area contributed by atoms with E-state index in [-0.39, 0.29) is 12.0 Å². The summed E-state index contributed by atoms with van der Waals surface area (Å²) in [6.07, 6.45) is 6.43. The molecular formula is C28H26N6O3. The van der Waals surface area contributed by atoms with E-state index in [1.165, 1.54) is 0 Å². The Labute approximate surface area is 212 Å². The van der Waals surface area contributed by atoms with Gasteiger partial charge in [0.1, 0.15) is 17.3 Å². The average Bonchev–Trinajstić information content (AvgIpc) is 3.66. The molecule has 37 heavy (non-hydrogen) atoms. The van der Waals surface area contributed by atoms with Crippen LogP contribution in [-0.2, 0) is 6.54 Å². The predicted molar refractivity (Wildman–Crippen MR) is 140 cm³/mol. The van der Waals surface area contributed by atoms with E-state index < -0.39 is 0 Å². The molecule has 1 fully saturated rings. The lowest BCUT2D eigenvalue weighted by atomic mass is 10.1. The van der Waals surface area contributed by atoms with Crippen molar-refractivity contribution in [3.05, 3.63) is 59.6 Å². The van der Waals surface area contributed by atoms with Gasteiger partial charge in [0.05, 0.1) is 5.39 Å². The minimum absolute atomic E-state index is 0.0454. The van der Waals surface area contributed by atoms with Gasteiger partial charge in [-0.1, -0.05) is 6.07 Å². The van der Waals surface area contributed by atoms with Gasteiger partial charge in [0.15, 0.2) is 11.5 Å². The fourth-order valence-corrected chi connectivity index (χ4v) is 5.41. The topological polar surface area (TPSA) is 109 Å². The quantitative estimate of drug-likeness (QED) is 0.321. The van der Waals surface area contributed by atoms with Crippen molar-refractivity contribution in [2.75, 3.05) is 12.4 Å². The van der Waals surface area contributed by atoms with Crippen LogP contribution in [0.25, 0.3) is 33.3 Å². The third-order valence-corrected chi connectivity index (χ3v) is 7.23. The molecule has 1 aliphatic carbocycles. The lowest BCUT2D eigenvalue weighted by Crippen LogP contribution is -2.17. The van der Waals surface area contributed by atoms with Gasteiger partial charge in [0, 0.05) is 43.5 Å². The van der Waals surface area contributed by atoms with E-state index in [1.807, 2.05) is 56.6 Å². The molecule has 4 heterocycles. The number of benzene rings is 2. The van der Waals surface area contributed by atoms with Gasteiger partial charge in [0.2, 0.25) is 11.8 Å². The zero-order valence-electron chi connectivity index (χ0n) is 20.7. The summed E-state index contributed by atoms with van der Waals surface area (Å²) in [4.78, 5) is 31.3. The maximum Gasteiger partial charge on any atom is 0.254 e. The summed E-state index contributed by atoms with van der Waals surface area (Å²) in [6, 6.07) is 11.7. The number of H-pyrrole nitrogens is 1. The molecule has 1 saturated carbocycles. The average molecular weight is 495 g/mol. The number of rotatable bonds is 5. The molecule has 9 heteroatoms. The summed E-state index contributed by atoms with van der Waals surface area (Å²) in [5.74, 6) is 1.68. The molecule has 0 bridgehead atoms. The first-order valence-electron chi connectivity index (χ1n) is 12.6. The Morgan fingerprint density at radius 1 is 1.08 bits per heavy atom. The third-order valence-electron chi connectivity index (χ3n) is 7.23. The van der Waals surface area contributed by atoms with Gasteiger partial charge in [-0.15, -0.1) is 0 Å². The van der Waals surface area contributed by atoms with Gasteiger partial charge in [-0.05, 0) is 67.1 Å². The van der Waals surface area contributed by atoms with Gasteiger partial charge < -0.3 is 24.4 Å². The summed E-state index contributed by atoms with van der Waals surface area (Å²) in [6.45, 7) is 2.44. The van der Waals surface area contributed by atoms with Crippen LogP contribution in [0.2, 0.25) is 0 Å². The number of fused-ring (bicyclic) bond motifs is 3. The van der Waals surface area contributed by atoms with Crippen LogP contribution in [0, 0.1) is 6.92 Å². The summed E-state index contributed by atoms with van der Waals surface area (Å²) in [5, 5.41) is 4.16. The summed E-state index contributed by atoms with van der Waals surface area (Å²) in [5.41, 5.74) is 6.73. The molecule has 1 aliphatic heterocycles. The second kappa shape index (κ2) is 8.33. The number of nitrogens with zero attached hydrogens (tertiary/aromatic N) is 4. The van der Waals surface area contributed by atoms with Gasteiger partial charge in [-0.25, -0.2) is 4.98 Å².